The summed E-state index contributed by atoms with van der Waals surface area (Å²) in [5.74, 6) is 1.73. The van der Waals surface area contributed by atoms with Crippen LogP contribution in [-0.2, 0) is 10.5 Å². The third kappa shape index (κ3) is 5.39. The summed E-state index contributed by atoms with van der Waals surface area (Å²) < 4.78 is 0. The van der Waals surface area contributed by atoms with Crippen molar-refractivity contribution in [2.75, 3.05) is 11.1 Å². The van der Waals surface area contributed by atoms with Gasteiger partial charge in [-0.1, -0.05) is 53.1 Å². The monoisotopic (exact) mass is 333 g/mol. The van der Waals surface area contributed by atoms with Gasteiger partial charge < -0.3 is 5.32 Å². The highest BCUT2D eigenvalue weighted by Crippen LogP contribution is 2.21. The molecule has 2 nitrogen and oxygen atoms in total. The van der Waals surface area contributed by atoms with Gasteiger partial charge in [0.2, 0.25) is 5.91 Å². The molecule has 0 unspecified atom stereocenters. The smallest absolute Gasteiger partial charge is 0.225 e. The minimum Gasteiger partial charge on any atom is -0.325 e. The van der Waals surface area contributed by atoms with Crippen molar-refractivity contribution in [1.29, 1.82) is 0 Å². The Bertz CT molecular complexity index is 637. The number of nitrogens with one attached hydrogen (secondary N) is 1. The number of carbonyl (C=O) groups excluding carboxylic acids is 1. The van der Waals surface area contributed by atoms with E-state index in [1.807, 2.05) is 18.2 Å². The Kier molecular flexibility index (Phi) is 6.34. The van der Waals surface area contributed by atoms with Crippen molar-refractivity contribution in [1.82, 2.24) is 0 Å². The number of carbonyl (C=O) groups is 1. The highest BCUT2D eigenvalue weighted by molar-refractivity contribution is 7.98. The van der Waals surface area contributed by atoms with Crippen LogP contribution in [0.2, 0.25) is 5.02 Å². The van der Waals surface area contributed by atoms with Crippen LogP contribution in [0.15, 0.2) is 42.5 Å². The van der Waals surface area contributed by atoms with Crippen LogP contribution in [0.4, 0.5) is 5.69 Å². The van der Waals surface area contributed by atoms with Crippen LogP contribution in [0.1, 0.15) is 23.1 Å². The molecule has 0 aromatic heterocycles. The lowest BCUT2D eigenvalue weighted by Gasteiger charge is -2.07. The molecule has 1 amide bonds. The van der Waals surface area contributed by atoms with E-state index in [9.17, 15) is 4.79 Å². The molecule has 0 radical (unpaired) electrons. The molecule has 0 aliphatic rings. The van der Waals surface area contributed by atoms with Crippen LogP contribution in [0.25, 0.3) is 0 Å². The Hall–Kier alpha value is -1.45. The van der Waals surface area contributed by atoms with E-state index in [1.54, 1.807) is 17.8 Å². The normalized spacial score (nSPS) is 10.5. The molecular formula is C18H20ClNOS. The number of aryl methyl sites for hydroxylation is 2. The molecule has 1 N–H and O–H groups in total. The highest BCUT2D eigenvalue weighted by Gasteiger charge is 2.05. The summed E-state index contributed by atoms with van der Waals surface area (Å²) in [6, 6.07) is 13.8. The third-order valence-electron chi connectivity index (χ3n) is 3.17. The molecular weight excluding hydrogens is 314 g/mol. The lowest BCUT2D eigenvalue weighted by molar-refractivity contribution is -0.115. The van der Waals surface area contributed by atoms with Gasteiger partial charge in [-0.2, -0.15) is 11.8 Å². The van der Waals surface area contributed by atoms with Gasteiger partial charge in [0.15, 0.2) is 0 Å². The molecule has 0 saturated carbocycles. The SMILES string of the molecule is Cc1cc(C)cc(CSCCC(=O)Nc2ccccc2Cl)c1. The van der Waals surface area contributed by atoms with Gasteiger partial charge in [0, 0.05) is 17.9 Å². The summed E-state index contributed by atoms with van der Waals surface area (Å²) in [6.07, 6.45) is 0.487. The third-order valence-corrected chi connectivity index (χ3v) is 4.53. The molecule has 0 aliphatic carbocycles. The van der Waals surface area contributed by atoms with Crippen LogP contribution in [-0.4, -0.2) is 11.7 Å². The van der Waals surface area contributed by atoms with Crippen molar-refractivity contribution < 1.29 is 4.79 Å². The molecule has 0 aliphatic heterocycles. The van der Waals surface area contributed by atoms with E-state index in [2.05, 4.69) is 37.4 Å². The molecule has 2 aromatic rings. The van der Waals surface area contributed by atoms with E-state index in [0.717, 1.165) is 11.5 Å². The van der Waals surface area contributed by atoms with E-state index in [-0.39, 0.29) is 5.91 Å². The number of thioether (sulfide) groups is 1. The molecule has 22 heavy (non-hydrogen) atoms. The zero-order chi connectivity index (χ0) is 15.9. The van der Waals surface area contributed by atoms with Crippen molar-refractivity contribution in [2.45, 2.75) is 26.0 Å². The number of hydrogen-bond acceptors (Lipinski definition) is 2. The number of amides is 1. The second kappa shape index (κ2) is 8.25. The van der Waals surface area contributed by atoms with Crippen LogP contribution in [0.3, 0.4) is 0 Å². The summed E-state index contributed by atoms with van der Waals surface area (Å²) in [6.45, 7) is 4.22. The van der Waals surface area contributed by atoms with Crippen LogP contribution in [0.5, 0.6) is 0 Å². The summed E-state index contributed by atoms with van der Waals surface area (Å²) >= 11 is 7.79. The molecule has 0 heterocycles. The maximum absolute atomic E-state index is 11.9. The molecule has 0 atom stereocenters. The Morgan fingerprint density at radius 3 is 2.50 bits per heavy atom. The van der Waals surface area contributed by atoms with Gasteiger partial charge >= 0.3 is 0 Å². The van der Waals surface area contributed by atoms with Gasteiger partial charge in [-0.3, -0.25) is 4.79 Å². The molecule has 116 valence electrons. The summed E-state index contributed by atoms with van der Waals surface area (Å²) in [5.41, 5.74) is 4.56. The standard InChI is InChI=1S/C18H20ClNOS/c1-13-9-14(2)11-15(10-13)12-22-8-7-18(21)20-17-6-4-3-5-16(17)19/h3-6,9-11H,7-8,12H2,1-2H3,(H,20,21). The zero-order valence-corrected chi connectivity index (χ0v) is 14.4. The van der Waals surface area contributed by atoms with Crippen molar-refractivity contribution in [2.24, 2.45) is 0 Å². The fourth-order valence-corrected chi connectivity index (χ4v) is 3.34. The quantitative estimate of drug-likeness (QED) is 0.734. The molecule has 2 aromatic carbocycles. The van der Waals surface area contributed by atoms with Crippen molar-refractivity contribution >= 4 is 35.0 Å². The van der Waals surface area contributed by atoms with Gasteiger partial charge in [0.25, 0.3) is 0 Å². The van der Waals surface area contributed by atoms with E-state index in [4.69, 9.17) is 11.6 Å². The van der Waals surface area contributed by atoms with Crippen molar-refractivity contribution in [3.63, 3.8) is 0 Å². The molecule has 4 heteroatoms. The van der Waals surface area contributed by atoms with Gasteiger partial charge in [0.1, 0.15) is 0 Å². The Labute approximate surface area is 141 Å². The van der Waals surface area contributed by atoms with E-state index in [1.165, 1.54) is 16.7 Å². The van der Waals surface area contributed by atoms with Crippen LogP contribution < -0.4 is 5.32 Å². The number of halogens is 1. The number of benzene rings is 2. The fourth-order valence-electron chi connectivity index (χ4n) is 2.28. The number of anilines is 1. The second-order valence-electron chi connectivity index (χ2n) is 5.33. The lowest BCUT2D eigenvalue weighted by Crippen LogP contribution is -2.12. The molecule has 0 fully saturated rings. The summed E-state index contributed by atoms with van der Waals surface area (Å²) in [5, 5.41) is 3.41. The predicted octanol–water partition coefficient (Wildman–Crippen LogP) is 5.22. The van der Waals surface area contributed by atoms with Crippen LogP contribution >= 0.6 is 23.4 Å². The number of hydrogen-bond donors (Lipinski definition) is 1. The van der Waals surface area contributed by atoms with E-state index in [0.29, 0.717) is 17.1 Å². The Balaban J connectivity index is 1.74. The van der Waals surface area contributed by atoms with Gasteiger partial charge in [-0.25, -0.2) is 0 Å². The summed E-state index contributed by atoms with van der Waals surface area (Å²) in [7, 11) is 0. The van der Waals surface area contributed by atoms with Crippen molar-refractivity contribution in [3.8, 4) is 0 Å². The first-order valence-corrected chi connectivity index (χ1v) is 8.77. The first kappa shape index (κ1) is 16.9. The first-order valence-electron chi connectivity index (χ1n) is 7.24. The fraction of sp³-hybridized carbons (Fsp3) is 0.278. The second-order valence-corrected chi connectivity index (χ2v) is 6.84. The average Bonchev–Trinajstić information content (AvgIpc) is 2.45. The number of para-hydroxylation sites is 1. The number of rotatable bonds is 6. The van der Waals surface area contributed by atoms with E-state index < -0.39 is 0 Å². The van der Waals surface area contributed by atoms with Gasteiger partial charge in [-0.05, 0) is 31.5 Å². The Morgan fingerprint density at radius 1 is 1.14 bits per heavy atom. The molecule has 2 rings (SSSR count). The largest absolute Gasteiger partial charge is 0.325 e. The molecule has 0 saturated heterocycles. The van der Waals surface area contributed by atoms with Gasteiger partial charge in [0.05, 0.1) is 10.7 Å². The highest BCUT2D eigenvalue weighted by atomic mass is 35.5. The summed E-state index contributed by atoms with van der Waals surface area (Å²) in [4.78, 5) is 11.9. The predicted molar refractivity (Wildman–Crippen MR) is 96.8 cm³/mol. The molecule has 0 spiro atoms. The maximum atomic E-state index is 11.9. The van der Waals surface area contributed by atoms with Crippen molar-refractivity contribution in [3.05, 3.63) is 64.2 Å². The lowest BCUT2D eigenvalue weighted by atomic mass is 10.1. The minimum absolute atomic E-state index is 0.000947. The Morgan fingerprint density at radius 2 is 1.82 bits per heavy atom. The molecule has 0 bridgehead atoms. The van der Waals surface area contributed by atoms with E-state index >= 15 is 0 Å². The zero-order valence-electron chi connectivity index (χ0n) is 12.9. The van der Waals surface area contributed by atoms with Gasteiger partial charge in [-0.15, -0.1) is 0 Å². The topological polar surface area (TPSA) is 29.1 Å². The first-order chi connectivity index (χ1) is 10.5. The minimum atomic E-state index is 0.000947. The average molecular weight is 334 g/mol. The van der Waals surface area contributed by atoms with Crippen LogP contribution in [0, 0.1) is 13.8 Å². The maximum Gasteiger partial charge on any atom is 0.225 e.